The van der Waals surface area contributed by atoms with Crippen molar-refractivity contribution >= 4 is 15.2 Å². The van der Waals surface area contributed by atoms with Crippen molar-refractivity contribution in [3.63, 3.8) is 0 Å². The molecule has 0 fully saturated rings. The van der Waals surface area contributed by atoms with E-state index in [0.29, 0.717) is 12.8 Å². The van der Waals surface area contributed by atoms with E-state index in [9.17, 15) is 9.13 Å². The average molecular weight is 481 g/mol. The van der Waals surface area contributed by atoms with Crippen LogP contribution in [0.2, 0.25) is 0 Å². The van der Waals surface area contributed by atoms with Crippen molar-refractivity contribution in [3.8, 4) is 0 Å². The molecule has 19 heavy (non-hydrogen) atoms. The molecule has 4 N–H and O–H groups in total. The first-order chi connectivity index (χ1) is 8.21. The van der Waals surface area contributed by atoms with Gasteiger partial charge in [-0.15, -0.1) is 0 Å². The first-order valence-corrected chi connectivity index (χ1v) is 9.89. The summed E-state index contributed by atoms with van der Waals surface area (Å²) in [6, 6.07) is 0. The Bertz CT molecular complexity index is 270. The van der Waals surface area contributed by atoms with Gasteiger partial charge in [-0.2, -0.15) is 0 Å². The number of hydrogen-bond donors (Lipinski definition) is 4. The first kappa shape index (κ1) is 22.5. The first-order valence-electron chi connectivity index (χ1n) is 6.30. The van der Waals surface area contributed by atoms with Gasteiger partial charge in [-0.1, -0.05) is 38.5 Å². The SMILES string of the molecule is O=P(O)(O)CCCCCCCCCCP(=O)(O)O.[Hf]. The van der Waals surface area contributed by atoms with Gasteiger partial charge in [-0.3, -0.25) is 9.13 Å². The minimum absolute atomic E-state index is 0. The second-order valence-corrected chi connectivity index (χ2v) is 8.16. The summed E-state index contributed by atoms with van der Waals surface area (Å²) >= 11 is 0. The van der Waals surface area contributed by atoms with Gasteiger partial charge in [-0.25, -0.2) is 0 Å². The smallest absolute Gasteiger partial charge is 0.324 e. The molecule has 114 valence electrons. The third-order valence-corrected chi connectivity index (χ3v) is 4.45. The van der Waals surface area contributed by atoms with Crippen LogP contribution in [0.25, 0.3) is 0 Å². The van der Waals surface area contributed by atoms with Crippen molar-refractivity contribution in [1.29, 1.82) is 0 Å². The van der Waals surface area contributed by atoms with Gasteiger partial charge >= 0.3 is 15.2 Å². The van der Waals surface area contributed by atoms with E-state index in [1.54, 1.807) is 0 Å². The molecule has 6 nitrogen and oxygen atoms in total. The van der Waals surface area contributed by atoms with Crippen LogP contribution in [0, 0.1) is 0 Å². The Morgan fingerprint density at radius 2 is 0.737 bits per heavy atom. The topological polar surface area (TPSA) is 115 Å². The molecule has 0 bridgehead atoms. The largest absolute Gasteiger partial charge is 0.325 e. The zero-order chi connectivity index (χ0) is 14.1. The number of rotatable bonds is 11. The zero-order valence-electron chi connectivity index (χ0n) is 11.1. The van der Waals surface area contributed by atoms with Gasteiger partial charge in [0.1, 0.15) is 0 Å². The molecule has 0 unspecified atom stereocenters. The van der Waals surface area contributed by atoms with Crippen molar-refractivity contribution in [2.75, 3.05) is 12.3 Å². The molecule has 0 amide bonds. The van der Waals surface area contributed by atoms with Crippen LogP contribution in [-0.2, 0) is 35.0 Å². The van der Waals surface area contributed by atoms with E-state index in [0.717, 1.165) is 38.5 Å². The fraction of sp³-hybridized carbons (Fsp3) is 1.00. The van der Waals surface area contributed by atoms with Gasteiger partial charge in [0.15, 0.2) is 0 Å². The van der Waals surface area contributed by atoms with Gasteiger partial charge in [0.2, 0.25) is 0 Å². The van der Waals surface area contributed by atoms with Crippen molar-refractivity contribution in [1.82, 2.24) is 0 Å². The Labute approximate surface area is 133 Å². The summed E-state index contributed by atoms with van der Waals surface area (Å²) in [5, 5.41) is 0. The van der Waals surface area contributed by atoms with Gasteiger partial charge in [0.25, 0.3) is 0 Å². The second kappa shape index (κ2) is 11.8. The molecule has 0 aromatic rings. The molecular weight excluding hydrogens is 457 g/mol. The van der Waals surface area contributed by atoms with Crippen LogP contribution < -0.4 is 0 Å². The van der Waals surface area contributed by atoms with Crippen LogP contribution in [0.4, 0.5) is 0 Å². The Balaban J connectivity index is 0. The van der Waals surface area contributed by atoms with Crippen LogP contribution in [-0.4, -0.2) is 31.9 Å². The second-order valence-electron chi connectivity index (χ2n) is 4.61. The summed E-state index contributed by atoms with van der Waals surface area (Å²) in [5.74, 6) is 0. The van der Waals surface area contributed by atoms with Gasteiger partial charge in [0, 0.05) is 38.2 Å². The van der Waals surface area contributed by atoms with E-state index < -0.39 is 15.2 Å². The fourth-order valence-corrected chi connectivity index (χ4v) is 2.97. The Kier molecular flexibility index (Phi) is 13.9. The molecule has 0 aliphatic heterocycles. The zero-order valence-corrected chi connectivity index (χ0v) is 16.5. The van der Waals surface area contributed by atoms with Crippen LogP contribution >= 0.6 is 15.2 Å². The van der Waals surface area contributed by atoms with Crippen LogP contribution in [0.5, 0.6) is 0 Å². The van der Waals surface area contributed by atoms with Gasteiger partial charge in [-0.05, 0) is 12.8 Å². The predicted molar refractivity (Wildman–Crippen MR) is 70.8 cm³/mol. The fourth-order valence-electron chi connectivity index (χ4n) is 1.70. The summed E-state index contributed by atoms with van der Waals surface area (Å²) in [4.78, 5) is 34.5. The molecular formula is C10H24HfO6P2. The van der Waals surface area contributed by atoms with E-state index in [4.69, 9.17) is 19.6 Å². The standard InChI is InChI=1S/C10H24O6P2.Hf/c11-17(12,13)9-7-5-3-1-2-4-6-8-10-18(14,15)16;/h1-10H2,(H2,11,12,13)(H2,14,15,16);. The van der Waals surface area contributed by atoms with Gasteiger partial charge in [0.05, 0.1) is 0 Å². The monoisotopic (exact) mass is 482 g/mol. The molecule has 0 spiro atoms. The molecule has 0 saturated heterocycles. The number of unbranched alkanes of at least 4 members (excludes halogenated alkanes) is 7. The average Bonchev–Trinajstić information content (AvgIpc) is 2.17. The molecule has 0 aliphatic carbocycles. The Morgan fingerprint density at radius 3 is 0.947 bits per heavy atom. The molecule has 0 aromatic carbocycles. The predicted octanol–water partition coefficient (Wildman–Crippen LogP) is 2.46. The van der Waals surface area contributed by atoms with Crippen molar-refractivity contribution < 1.29 is 54.5 Å². The molecule has 9 heteroatoms. The summed E-state index contributed by atoms with van der Waals surface area (Å²) in [5.41, 5.74) is 0. The van der Waals surface area contributed by atoms with Crippen LogP contribution in [0.3, 0.4) is 0 Å². The maximum Gasteiger partial charge on any atom is 0.325 e. The van der Waals surface area contributed by atoms with Crippen molar-refractivity contribution in [2.45, 2.75) is 51.4 Å². The number of hydrogen-bond acceptors (Lipinski definition) is 2. The van der Waals surface area contributed by atoms with E-state index in [2.05, 4.69) is 0 Å². The van der Waals surface area contributed by atoms with E-state index in [1.165, 1.54) is 0 Å². The minimum Gasteiger partial charge on any atom is -0.324 e. The third-order valence-electron chi connectivity index (χ3n) is 2.65. The van der Waals surface area contributed by atoms with Crippen LogP contribution in [0.15, 0.2) is 0 Å². The van der Waals surface area contributed by atoms with E-state index >= 15 is 0 Å². The molecule has 0 radical (unpaired) electrons. The molecule has 0 heterocycles. The van der Waals surface area contributed by atoms with Gasteiger partial charge < -0.3 is 19.6 Å². The summed E-state index contributed by atoms with van der Waals surface area (Å²) in [6.45, 7) is 0. The third kappa shape index (κ3) is 21.6. The summed E-state index contributed by atoms with van der Waals surface area (Å²) < 4.78 is 21.1. The van der Waals surface area contributed by atoms with E-state index in [-0.39, 0.29) is 38.2 Å². The maximum absolute atomic E-state index is 10.6. The van der Waals surface area contributed by atoms with Crippen molar-refractivity contribution in [3.05, 3.63) is 0 Å². The summed E-state index contributed by atoms with van der Waals surface area (Å²) in [7, 11) is -7.65. The minimum atomic E-state index is -3.83. The molecule has 0 aromatic heterocycles. The Hall–Kier alpha value is 1.17. The molecule has 0 saturated carbocycles. The quantitative estimate of drug-likeness (QED) is 0.205. The maximum atomic E-state index is 10.6. The van der Waals surface area contributed by atoms with E-state index in [1.807, 2.05) is 0 Å². The molecule has 0 atom stereocenters. The Morgan fingerprint density at radius 1 is 0.526 bits per heavy atom. The normalized spacial score (nSPS) is 12.2. The van der Waals surface area contributed by atoms with Crippen LogP contribution in [0.1, 0.15) is 51.4 Å². The van der Waals surface area contributed by atoms with Crippen molar-refractivity contribution in [2.24, 2.45) is 0 Å². The summed E-state index contributed by atoms with van der Waals surface area (Å²) in [6.07, 6.45) is 6.64. The molecule has 0 aliphatic rings. The molecule has 0 rings (SSSR count).